The maximum Gasteiger partial charge on any atom is 0.263 e. The maximum atomic E-state index is 13.2. The minimum absolute atomic E-state index is 0.0174. The van der Waals surface area contributed by atoms with Crippen LogP contribution in [0.5, 0.6) is 0 Å². The molecule has 0 saturated carbocycles. The maximum absolute atomic E-state index is 13.2. The fraction of sp³-hybridized carbons (Fsp3) is 0.353. The van der Waals surface area contributed by atoms with Crippen molar-refractivity contribution in [3.05, 3.63) is 45.0 Å². The van der Waals surface area contributed by atoms with Crippen LogP contribution in [0.2, 0.25) is 0 Å². The molecule has 3 heterocycles. The van der Waals surface area contributed by atoms with Crippen LogP contribution in [0.15, 0.2) is 32.8 Å². The predicted octanol–water partition coefficient (Wildman–Crippen LogP) is 3.59. The number of fused-ring (bicyclic) bond motifs is 3. The zero-order chi connectivity index (χ0) is 16.5. The summed E-state index contributed by atoms with van der Waals surface area (Å²) >= 11 is 2.93. The molecule has 0 N–H and O–H groups in total. The molecule has 0 bridgehead atoms. The van der Waals surface area contributed by atoms with Gasteiger partial charge >= 0.3 is 0 Å². The van der Waals surface area contributed by atoms with Gasteiger partial charge in [-0.05, 0) is 43.4 Å². The Hall–Kier alpha value is -2.04. The highest BCUT2D eigenvalue weighted by Gasteiger charge is 2.22. The molecule has 4 rings (SSSR count). The Morgan fingerprint density at radius 3 is 3.08 bits per heavy atom. The van der Waals surface area contributed by atoms with Crippen molar-refractivity contribution in [2.45, 2.75) is 37.4 Å². The van der Waals surface area contributed by atoms with E-state index in [0.717, 1.165) is 29.5 Å². The van der Waals surface area contributed by atoms with Crippen molar-refractivity contribution in [1.82, 2.24) is 9.55 Å². The van der Waals surface area contributed by atoms with Crippen LogP contribution in [0.1, 0.15) is 29.0 Å². The van der Waals surface area contributed by atoms with Crippen LogP contribution in [0.3, 0.4) is 0 Å². The second-order valence-corrected chi connectivity index (χ2v) is 7.73. The number of aryl methyl sites for hydroxylation is 2. The molecular formula is C17H15N3O2S2. The molecular weight excluding hydrogens is 342 g/mol. The van der Waals surface area contributed by atoms with Crippen LogP contribution < -0.4 is 5.56 Å². The molecule has 3 aromatic rings. The first kappa shape index (κ1) is 15.5. The van der Waals surface area contributed by atoms with Gasteiger partial charge < -0.3 is 4.42 Å². The summed E-state index contributed by atoms with van der Waals surface area (Å²) in [5.74, 6) is 0.974. The molecule has 7 heteroatoms. The van der Waals surface area contributed by atoms with E-state index < -0.39 is 0 Å². The fourth-order valence-electron chi connectivity index (χ4n) is 3.12. The highest BCUT2D eigenvalue weighted by molar-refractivity contribution is 7.99. The Labute approximate surface area is 146 Å². The summed E-state index contributed by atoms with van der Waals surface area (Å²) in [5, 5.41) is 10.2. The fourth-order valence-corrected chi connectivity index (χ4v) is 5.09. The number of thiophene rings is 1. The van der Waals surface area contributed by atoms with Gasteiger partial charge in [0.2, 0.25) is 0 Å². The van der Waals surface area contributed by atoms with Gasteiger partial charge in [0.15, 0.2) is 5.16 Å². The third-order valence-electron chi connectivity index (χ3n) is 4.20. The van der Waals surface area contributed by atoms with E-state index >= 15 is 0 Å². The van der Waals surface area contributed by atoms with Crippen LogP contribution in [0, 0.1) is 11.3 Å². The molecule has 0 atom stereocenters. The van der Waals surface area contributed by atoms with E-state index in [1.807, 2.05) is 6.07 Å². The molecule has 0 amide bonds. The van der Waals surface area contributed by atoms with E-state index in [4.69, 9.17) is 14.7 Å². The predicted molar refractivity (Wildman–Crippen MR) is 94.7 cm³/mol. The Morgan fingerprint density at radius 1 is 1.42 bits per heavy atom. The van der Waals surface area contributed by atoms with E-state index in [2.05, 4.69) is 6.07 Å². The number of rotatable bonds is 4. The molecule has 5 nitrogen and oxygen atoms in total. The molecule has 0 saturated heterocycles. The summed E-state index contributed by atoms with van der Waals surface area (Å²) in [6.07, 6.45) is 5.89. The van der Waals surface area contributed by atoms with Crippen molar-refractivity contribution in [3.63, 3.8) is 0 Å². The Bertz CT molecular complexity index is 980. The quantitative estimate of drug-likeness (QED) is 0.527. The summed E-state index contributed by atoms with van der Waals surface area (Å²) < 4.78 is 7.04. The molecule has 1 aliphatic carbocycles. The SMILES string of the molecule is N#CCSc1nc2sc3c(c2c(=O)n1Cc1ccco1)CCCC3. The van der Waals surface area contributed by atoms with E-state index in [0.29, 0.717) is 17.5 Å². The Morgan fingerprint density at radius 2 is 2.29 bits per heavy atom. The third-order valence-corrected chi connectivity index (χ3v) is 6.23. The minimum Gasteiger partial charge on any atom is -0.467 e. The van der Waals surface area contributed by atoms with Crippen molar-refractivity contribution < 1.29 is 4.42 Å². The Kier molecular flexibility index (Phi) is 4.17. The zero-order valence-electron chi connectivity index (χ0n) is 12.9. The summed E-state index contributed by atoms with van der Waals surface area (Å²) in [6.45, 7) is 0.340. The lowest BCUT2D eigenvalue weighted by atomic mass is 9.97. The number of thioether (sulfide) groups is 1. The average Bonchev–Trinajstić information content (AvgIpc) is 3.22. The van der Waals surface area contributed by atoms with Gasteiger partial charge in [0.1, 0.15) is 10.6 Å². The van der Waals surface area contributed by atoms with Crippen LogP contribution in [0.25, 0.3) is 10.2 Å². The van der Waals surface area contributed by atoms with Gasteiger partial charge in [-0.3, -0.25) is 9.36 Å². The molecule has 3 aromatic heterocycles. The molecule has 24 heavy (non-hydrogen) atoms. The molecule has 1 aliphatic rings. The second-order valence-electron chi connectivity index (χ2n) is 5.70. The number of nitrogens with zero attached hydrogens (tertiary/aromatic N) is 3. The van der Waals surface area contributed by atoms with Crippen LogP contribution in [-0.4, -0.2) is 15.3 Å². The first-order valence-corrected chi connectivity index (χ1v) is 9.65. The lowest BCUT2D eigenvalue weighted by molar-refractivity contribution is 0.476. The molecule has 0 aliphatic heterocycles. The van der Waals surface area contributed by atoms with Crippen molar-refractivity contribution in [3.8, 4) is 6.07 Å². The zero-order valence-corrected chi connectivity index (χ0v) is 14.6. The number of hydrogen-bond donors (Lipinski definition) is 0. The molecule has 0 radical (unpaired) electrons. The Balaban J connectivity index is 1.91. The lowest BCUT2D eigenvalue weighted by Gasteiger charge is -2.12. The van der Waals surface area contributed by atoms with E-state index in [9.17, 15) is 4.79 Å². The number of hydrogen-bond acceptors (Lipinski definition) is 6. The molecule has 0 aromatic carbocycles. The summed E-state index contributed by atoms with van der Waals surface area (Å²) in [5.41, 5.74) is 1.17. The largest absolute Gasteiger partial charge is 0.467 e. The minimum atomic E-state index is -0.0174. The molecule has 0 spiro atoms. The molecule has 122 valence electrons. The van der Waals surface area contributed by atoms with Crippen LogP contribution in [-0.2, 0) is 19.4 Å². The number of furan rings is 1. The number of aromatic nitrogens is 2. The first-order valence-electron chi connectivity index (χ1n) is 7.85. The van der Waals surface area contributed by atoms with Gasteiger partial charge in [-0.25, -0.2) is 4.98 Å². The summed E-state index contributed by atoms with van der Waals surface area (Å²) in [6, 6.07) is 5.76. The molecule has 0 fully saturated rings. The summed E-state index contributed by atoms with van der Waals surface area (Å²) in [4.78, 5) is 20.0. The average molecular weight is 357 g/mol. The van der Waals surface area contributed by atoms with Gasteiger partial charge in [0.05, 0.1) is 30.0 Å². The van der Waals surface area contributed by atoms with E-state index in [-0.39, 0.29) is 11.3 Å². The van der Waals surface area contributed by atoms with Crippen LogP contribution >= 0.6 is 23.1 Å². The monoisotopic (exact) mass is 357 g/mol. The van der Waals surface area contributed by atoms with E-state index in [1.165, 1.54) is 28.6 Å². The van der Waals surface area contributed by atoms with Gasteiger partial charge in [-0.15, -0.1) is 11.3 Å². The van der Waals surface area contributed by atoms with Gasteiger partial charge in [0.25, 0.3) is 5.56 Å². The van der Waals surface area contributed by atoms with Crippen molar-refractivity contribution in [1.29, 1.82) is 5.26 Å². The third kappa shape index (κ3) is 2.66. The normalized spacial score (nSPS) is 13.8. The molecule has 0 unspecified atom stereocenters. The van der Waals surface area contributed by atoms with Gasteiger partial charge in [0, 0.05) is 4.88 Å². The highest BCUT2D eigenvalue weighted by Crippen LogP contribution is 2.34. The van der Waals surface area contributed by atoms with Crippen molar-refractivity contribution >= 4 is 33.3 Å². The lowest BCUT2D eigenvalue weighted by Crippen LogP contribution is -2.24. The van der Waals surface area contributed by atoms with Crippen molar-refractivity contribution in [2.75, 3.05) is 5.75 Å². The second kappa shape index (κ2) is 6.46. The summed E-state index contributed by atoms with van der Waals surface area (Å²) in [7, 11) is 0. The van der Waals surface area contributed by atoms with E-state index in [1.54, 1.807) is 28.2 Å². The standard InChI is InChI=1S/C17H15N3O2S2/c18-7-9-23-17-19-15-14(12-5-1-2-6-13(12)24-15)16(21)20(17)10-11-4-3-8-22-11/h3-4,8H,1-2,5-6,9-10H2. The highest BCUT2D eigenvalue weighted by atomic mass is 32.2. The van der Waals surface area contributed by atoms with Gasteiger partial charge in [-0.2, -0.15) is 5.26 Å². The topological polar surface area (TPSA) is 71.8 Å². The smallest absolute Gasteiger partial charge is 0.263 e. The first-order chi connectivity index (χ1) is 11.8. The number of nitriles is 1. The van der Waals surface area contributed by atoms with Gasteiger partial charge in [-0.1, -0.05) is 11.8 Å². The van der Waals surface area contributed by atoms with Crippen molar-refractivity contribution in [2.24, 2.45) is 0 Å². The van der Waals surface area contributed by atoms with Crippen LogP contribution in [0.4, 0.5) is 0 Å².